The summed E-state index contributed by atoms with van der Waals surface area (Å²) in [6.07, 6.45) is 5.66. The van der Waals surface area contributed by atoms with E-state index in [1.807, 2.05) is 0 Å². The van der Waals surface area contributed by atoms with Crippen molar-refractivity contribution in [3.8, 4) is 0 Å². The number of hydrogen-bond acceptors (Lipinski definition) is 4. The van der Waals surface area contributed by atoms with E-state index in [-0.39, 0.29) is 42.3 Å². The second-order valence-electron chi connectivity index (χ2n) is 9.53. The lowest BCUT2D eigenvalue weighted by molar-refractivity contribution is -0.141. The average molecular weight is 569 g/mol. The van der Waals surface area contributed by atoms with Crippen molar-refractivity contribution in [3.05, 3.63) is 64.1 Å². The van der Waals surface area contributed by atoms with Gasteiger partial charge in [0, 0.05) is 32.6 Å². The molecule has 0 heterocycles. The van der Waals surface area contributed by atoms with E-state index in [0.717, 1.165) is 31.2 Å². The van der Waals surface area contributed by atoms with Crippen molar-refractivity contribution in [1.82, 2.24) is 14.5 Å². The number of nitrogens with zero attached hydrogens (tertiary/aromatic N) is 2. The Hall–Kier alpha value is -2.13. The Labute approximate surface area is 230 Å². The van der Waals surface area contributed by atoms with E-state index in [2.05, 4.69) is 5.32 Å². The van der Waals surface area contributed by atoms with E-state index in [0.29, 0.717) is 16.5 Å². The fourth-order valence-electron chi connectivity index (χ4n) is 4.48. The maximum Gasteiger partial charge on any atom is 0.242 e. The minimum Gasteiger partial charge on any atom is -0.352 e. The van der Waals surface area contributed by atoms with Gasteiger partial charge in [-0.15, -0.1) is 0 Å². The average Bonchev–Trinajstić information content (AvgIpc) is 2.89. The van der Waals surface area contributed by atoms with Crippen molar-refractivity contribution in [2.24, 2.45) is 0 Å². The Morgan fingerprint density at radius 2 is 1.70 bits per heavy atom. The first kappa shape index (κ1) is 29.4. The molecule has 1 N–H and O–H groups in total. The zero-order valence-corrected chi connectivity index (χ0v) is 23.7. The summed E-state index contributed by atoms with van der Waals surface area (Å²) in [7, 11) is -2.14. The molecule has 1 aliphatic carbocycles. The standard InChI is InChI=1S/C27H35Cl2N3O4S/c1-20(27(34)30-22-10-5-3-6-11-22)32(19-21-15-16-24(28)25(29)18-21)26(33)14-9-17-31(2)37(35,36)23-12-7-4-8-13-23/h4,7-8,12-13,15-16,18,20,22H,3,5-6,9-11,14,17,19H2,1-2H3,(H,30,34)/t20-/m1/s1. The molecule has 1 aliphatic rings. The van der Waals surface area contributed by atoms with E-state index in [9.17, 15) is 18.0 Å². The molecule has 202 valence electrons. The van der Waals surface area contributed by atoms with E-state index in [1.165, 1.54) is 22.7 Å². The van der Waals surface area contributed by atoms with Crippen LogP contribution in [0, 0.1) is 0 Å². The van der Waals surface area contributed by atoms with Crippen molar-refractivity contribution in [1.29, 1.82) is 0 Å². The van der Waals surface area contributed by atoms with Gasteiger partial charge in [-0.25, -0.2) is 12.7 Å². The Bertz CT molecular complexity index is 1170. The van der Waals surface area contributed by atoms with Crippen LogP contribution >= 0.6 is 23.2 Å². The van der Waals surface area contributed by atoms with Gasteiger partial charge in [-0.2, -0.15) is 0 Å². The molecule has 10 heteroatoms. The number of amides is 2. The predicted octanol–water partition coefficient (Wildman–Crippen LogP) is 5.26. The second-order valence-corrected chi connectivity index (χ2v) is 12.4. The second kappa shape index (κ2) is 13.6. The van der Waals surface area contributed by atoms with E-state index >= 15 is 0 Å². The molecular formula is C27H35Cl2N3O4S. The third-order valence-electron chi connectivity index (χ3n) is 6.77. The summed E-state index contributed by atoms with van der Waals surface area (Å²) >= 11 is 12.2. The largest absolute Gasteiger partial charge is 0.352 e. The minimum absolute atomic E-state index is 0.0943. The van der Waals surface area contributed by atoms with E-state index < -0.39 is 16.1 Å². The highest BCUT2D eigenvalue weighted by Gasteiger charge is 2.28. The van der Waals surface area contributed by atoms with E-state index in [4.69, 9.17) is 23.2 Å². The number of carbonyl (C=O) groups is 2. The van der Waals surface area contributed by atoms with Crippen LogP contribution in [0.4, 0.5) is 0 Å². The zero-order valence-electron chi connectivity index (χ0n) is 21.3. The molecule has 37 heavy (non-hydrogen) atoms. The number of benzene rings is 2. The number of hydrogen-bond donors (Lipinski definition) is 1. The molecule has 0 bridgehead atoms. The van der Waals surface area contributed by atoms with Gasteiger partial charge < -0.3 is 10.2 Å². The maximum atomic E-state index is 13.4. The lowest BCUT2D eigenvalue weighted by Crippen LogP contribution is -2.50. The van der Waals surface area contributed by atoms with Crippen LogP contribution in [0.1, 0.15) is 57.4 Å². The molecule has 2 amide bonds. The van der Waals surface area contributed by atoms with Gasteiger partial charge in [0.25, 0.3) is 0 Å². The fourth-order valence-corrected chi connectivity index (χ4v) is 6.03. The molecule has 2 aromatic rings. The molecule has 0 aliphatic heterocycles. The smallest absolute Gasteiger partial charge is 0.242 e. The number of sulfonamides is 1. The molecule has 0 aromatic heterocycles. The Morgan fingerprint density at radius 1 is 1.03 bits per heavy atom. The van der Waals surface area contributed by atoms with Gasteiger partial charge >= 0.3 is 0 Å². The van der Waals surface area contributed by atoms with Crippen molar-refractivity contribution in [2.75, 3.05) is 13.6 Å². The monoisotopic (exact) mass is 567 g/mol. The topological polar surface area (TPSA) is 86.8 Å². The quantitative estimate of drug-likeness (QED) is 0.401. The van der Waals surface area contributed by atoms with Crippen LogP contribution in [-0.4, -0.2) is 55.1 Å². The molecule has 3 rings (SSSR count). The summed E-state index contributed by atoms with van der Waals surface area (Å²) in [6, 6.07) is 12.7. The molecule has 0 unspecified atom stereocenters. The first-order chi connectivity index (χ1) is 17.6. The highest BCUT2D eigenvalue weighted by atomic mass is 35.5. The first-order valence-corrected chi connectivity index (χ1v) is 14.8. The van der Waals surface area contributed by atoms with Crippen LogP contribution < -0.4 is 5.32 Å². The molecule has 0 radical (unpaired) electrons. The van der Waals surface area contributed by atoms with Gasteiger partial charge in [-0.1, -0.05) is 66.7 Å². The summed E-state index contributed by atoms with van der Waals surface area (Å²) in [5.41, 5.74) is 0.754. The van der Waals surface area contributed by atoms with Gasteiger partial charge in [0.15, 0.2) is 0 Å². The van der Waals surface area contributed by atoms with E-state index in [1.54, 1.807) is 55.5 Å². The van der Waals surface area contributed by atoms with Crippen LogP contribution in [0.15, 0.2) is 53.4 Å². The zero-order chi connectivity index (χ0) is 27.0. The highest BCUT2D eigenvalue weighted by molar-refractivity contribution is 7.89. The molecule has 0 saturated heterocycles. The summed E-state index contributed by atoms with van der Waals surface area (Å²) < 4.78 is 26.8. The number of halogens is 2. The molecular weight excluding hydrogens is 533 g/mol. The number of carbonyl (C=O) groups excluding carboxylic acids is 2. The molecule has 1 saturated carbocycles. The third-order valence-corrected chi connectivity index (χ3v) is 9.38. The van der Waals surface area contributed by atoms with Gasteiger partial charge in [0.05, 0.1) is 14.9 Å². The van der Waals surface area contributed by atoms with Gasteiger partial charge in [-0.05, 0) is 56.0 Å². The van der Waals surface area contributed by atoms with Crippen molar-refractivity contribution in [3.63, 3.8) is 0 Å². The van der Waals surface area contributed by atoms with Crippen molar-refractivity contribution >= 4 is 45.0 Å². The molecule has 7 nitrogen and oxygen atoms in total. The van der Waals surface area contributed by atoms with Crippen LogP contribution in [-0.2, 0) is 26.2 Å². The van der Waals surface area contributed by atoms with Gasteiger partial charge in [-0.3, -0.25) is 9.59 Å². The highest BCUT2D eigenvalue weighted by Crippen LogP contribution is 2.24. The maximum absolute atomic E-state index is 13.4. The minimum atomic E-state index is -3.64. The van der Waals surface area contributed by atoms with Gasteiger partial charge in [0.2, 0.25) is 21.8 Å². The predicted molar refractivity (Wildman–Crippen MR) is 147 cm³/mol. The summed E-state index contributed by atoms with van der Waals surface area (Å²) in [6.45, 7) is 2.08. The lowest BCUT2D eigenvalue weighted by atomic mass is 9.95. The number of rotatable bonds is 11. The van der Waals surface area contributed by atoms with Crippen LogP contribution in [0.2, 0.25) is 10.0 Å². The summed E-state index contributed by atoms with van der Waals surface area (Å²) in [5, 5.41) is 3.89. The normalized spacial score (nSPS) is 15.4. The Kier molecular flexibility index (Phi) is 10.8. The van der Waals surface area contributed by atoms with Crippen LogP contribution in [0.3, 0.4) is 0 Å². The van der Waals surface area contributed by atoms with Gasteiger partial charge in [0.1, 0.15) is 6.04 Å². The fraction of sp³-hybridized carbons (Fsp3) is 0.481. The lowest BCUT2D eigenvalue weighted by Gasteiger charge is -2.31. The van der Waals surface area contributed by atoms with Crippen molar-refractivity contribution in [2.45, 2.75) is 75.4 Å². The van der Waals surface area contributed by atoms with Crippen molar-refractivity contribution < 1.29 is 18.0 Å². The Balaban J connectivity index is 1.67. The first-order valence-electron chi connectivity index (χ1n) is 12.6. The molecule has 1 atom stereocenters. The molecule has 1 fully saturated rings. The molecule has 0 spiro atoms. The third kappa shape index (κ3) is 8.18. The number of nitrogens with one attached hydrogen (secondary N) is 1. The SMILES string of the molecule is C[C@H](C(=O)NC1CCCCC1)N(Cc1ccc(Cl)c(Cl)c1)C(=O)CCCN(C)S(=O)(=O)c1ccccc1. The summed E-state index contributed by atoms with van der Waals surface area (Å²) in [5.74, 6) is -0.424. The molecule has 2 aromatic carbocycles. The van der Waals surface area contributed by atoms with Crippen LogP contribution in [0.25, 0.3) is 0 Å². The van der Waals surface area contributed by atoms with Crippen LogP contribution in [0.5, 0.6) is 0 Å². The summed E-state index contributed by atoms with van der Waals surface area (Å²) in [4.78, 5) is 28.2. The Morgan fingerprint density at radius 3 is 2.35 bits per heavy atom.